The first kappa shape index (κ1) is 15.8. The van der Waals surface area contributed by atoms with E-state index in [1.54, 1.807) is 0 Å². The van der Waals surface area contributed by atoms with Crippen molar-refractivity contribution in [2.45, 2.75) is 64.6 Å². The fraction of sp³-hybridized carbons (Fsp3) is 0.800. The third-order valence-corrected chi connectivity index (χ3v) is 3.64. The number of nitrogens with one attached hydrogen (secondary N) is 1. The van der Waals surface area contributed by atoms with Crippen LogP contribution in [0.25, 0.3) is 0 Å². The molecule has 108 valence electrons. The van der Waals surface area contributed by atoms with Gasteiger partial charge in [-0.3, -0.25) is 4.90 Å². The molecule has 0 aromatic heterocycles. The number of amides is 1. The average Bonchev–Trinajstić information content (AvgIpc) is 2.25. The van der Waals surface area contributed by atoms with Crippen molar-refractivity contribution in [3.05, 3.63) is 0 Å². The fourth-order valence-corrected chi connectivity index (χ4v) is 2.34. The van der Waals surface area contributed by atoms with Crippen molar-refractivity contribution in [3.63, 3.8) is 0 Å². The van der Waals surface area contributed by atoms with E-state index in [1.807, 2.05) is 20.8 Å². The highest BCUT2D eigenvalue weighted by Crippen LogP contribution is 2.29. The smallest absolute Gasteiger partial charge is 0.407 e. The van der Waals surface area contributed by atoms with Crippen molar-refractivity contribution >= 4 is 6.09 Å². The van der Waals surface area contributed by atoms with Crippen LogP contribution < -0.4 is 5.32 Å². The van der Waals surface area contributed by atoms with E-state index in [1.165, 1.54) is 0 Å². The molecule has 0 aromatic carbocycles. The number of hydrogen-bond donors (Lipinski definition) is 1. The van der Waals surface area contributed by atoms with Gasteiger partial charge in [0, 0.05) is 18.6 Å². The number of carbonyl (C=O) groups excluding carboxylic acids is 1. The van der Waals surface area contributed by atoms with E-state index in [4.69, 9.17) is 11.2 Å². The Morgan fingerprint density at radius 3 is 2.26 bits per heavy atom. The molecule has 0 unspecified atom stereocenters. The van der Waals surface area contributed by atoms with Crippen molar-refractivity contribution in [2.24, 2.45) is 0 Å². The Hall–Kier alpha value is -1.21. The lowest BCUT2D eigenvalue weighted by Gasteiger charge is -2.48. The molecule has 1 N–H and O–H groups in total. The molecular weight excluding hydrogens is 240 g/mol. The van der Waals surface area contributed by atoms with E-state index < -0.39 is 0 Å². The molecule has 0 bridgehead atoms. The second kappa shape index (κ2) is 5.83. The van der Waals surface area contributed by atoms with Crippen molar-refractivity contribution in [2.75, 3.05) is 13.1 Å². The molecule has 1 aliphatic heterocycles. The van der Waals surface area contributed by atoms with Gasteiger partial charge in [-0.1, -0.05) is 19.8 Å². The van der Waals surface area contributed by atoms with E-state index in [2.05, 4.69) is 30.0 Å². The first-order chi connectivity index (χ1) is 8.76. The van der Waals surface area contributed by atoms with Crippen LogP contribution in [0.4, 0.5) is 4.79 Å². The molecule has 0 atom stereocenters. The summed E-state index contributed by atoms with van der Waals surface area (Å²) in [5.74, 6) is 2.90. The summed E-state index contributed by atoms with van der Waals surface area (Å²) in [7, 11) is 0. The highest BCUT2D eigenvalue weighted by atomic mass is 16.6. The minimum atomic E-state index is -0.351. The predicted molar refractivity (Wildman–Crippen MR) is 76.9 cm³/mol. The Labute approximate surface area is 116 Å². The van der Waals surface area contributed by atoms with Crippen LogP contribution in [0, 0.1) is 12.3 Å². The second-order valence-corrected chi connectivity index (χ2v) is 6.19. The van der Waals surface area contributed by atoms with Gasteiger partial charge in [-0.25, -0.2) is 4.79 Å². The van der Waals surface area contributed by atoms with Crippen molar-refractivity contribution < 1.29 is 9.53 Å². The number of rotatable bonds is 4. The lowest BCUT2D eigenvalue weighted by molar-refractivity contribution is -0.0577. The normalized spacial score (nSPS) is 17.5. The lowest BCUT2D eigenvalue weighted by Crippen LogP contribution is -2.63. The van der Waals surface area contributed by atoms with Crippen LogP contribution in [0.15, 0.2) is 0 Å². The van der Waals surface area contributed by atoms with Crippen molar-refractivity contribution in [1.82, 2.24) is 10.2 Å². The molecule has 1 amide bonds. The molecule has 4 nitrogen and oxygen atoms in total. The zero-order valence-corrected chi connectivity index (χ0v) is 12.7. The summed E-state index contributed by atoms with van der Waals surface area (Å²) in [6, 6.07) is 0. The van der Waals surface area contributed by atoms with Gasteiger partial charge in [-0.2, -0.15) is 0 Å². The Kier molecular flexibility index (Phi) is 4.86. The molecule has 19 heavy (non-hydrogen) atoms. The van der Waals surface area contributed by atoms with Crippen LogP contribution in [0.5, 0.6) is 0 Å². The van der Waals surface area contributed by atoms with Crippen molar-refractivity contribution in [3.8, 4) is 12.3 Å². The van der Waals surface area contributed by atoms with Gasteiger partial charge in [0.15, 0.2) is 0 Å². The Balaban J connectivity index is 2.42. The number of nitrogens with zero attached hydrogens (tertiary/aromatic N) is 1. The maximum atomic E-state index is 11.6. The van der Waals surface area contributed by atoms with E-state index in [0.717, 1.165) is 25.9 Å². The minimum Gasteiger partial charge on any atom is -0.443 e. The van der Waals surface area contributed by atoms with Crippen LogP contribution >= 0.6 is 0 Å². The summed E-state index contributed by atoms with van der Waals surface area (Å²) in [4.78, 5) is 13.9. The summed E-state index contributed by atoms with van der Waals surface area (Å²) in [5.41, 5.74) is -0.448. The summed E-state index contributed by atoms with van der Waals surface area (Å²) >= 11 is 0. The molecule has 0 saturated carbocycles. The lowest BCUT2D eigenvalue weighted by atomic mass is 9.88. The summed E-state index contributed by atoms with van der Waals surface area (Å²) in [5, 5.41) is 2.79. The fourth-order valence-electron chi connectivity index (χ4n) is 2.34. The zero-order valence-electron chi connectivity index (χ0n) is 12.7. The van der Waals surface area contributed by atoms with Gasteiger partial charge in [-0.05, 0) is 33.6 Å². The Bertz CT molecular complexity index is 355. The molecule has 1 saturated heterocycles. The summed E-state index contributed by atoms with van der Waals surface area (Å²) in [6.45, 7) is 11.4. The molecule has 1 rings (SSSR count). The van der Waals surface area contributed by atoms with Gasteiger partial charge in [0.05, 0.1) is 5.54 Å². The van der Waals surface area contributed by atoms with Gasteiger partial charge < -0.3 is 10.1 Å². The summed E-state index contributed by atoms with van der Waals surface area (Å²) in [6.07, 6.45) is 7.09. The van der Waals surface area contributed by atoms with Gasteiger partial charge in [0.25, 0.3) is 0 Å². The maximum Gasteiger partial charge on any atom is 0.407 e. The topological polar surface area (TPSA) is 41.6 Å². The molecule has 0 aliphatic carbocycles. The predicted octanol–water partition coefficient (Wildman–Crippen LogP) is 2.39. The third kappa shape index (κ3) is 3.87. The van der Waals surface area contributed by atoms with Crippen LogP contribution in [0.1, 0.15) is 47.5 Å². The van der Waals surface area contributed by atoms with Crippen LogP contribution in [-0.4, -0.2) is 41.3 Å². The number of terminal acetylenes is 1. The Morgan fingerprint density at radius 1 is 1.37 bits per heavy atom. The largest absolute Gasteiger partial charge is 0.443 e. The maximum absolute atomic E-state index is 11.6. The first-order valence-corrected chi connectivity index (χ1v) is 6.98. The SMILES string of the molecule is C#CC(CC)(CC)N1CC(OC(=O)NC(C)(C)C)C1. The number of hydrogen-bond acceptors (Lipinski definition) is 3. The van der Waals surface area contributed by atoms with Crippen molar-refractivity contribution in [1.29, 1.82) is 0 Å². The molecule has 0 radical (unpaired) electrons. The molecule has 1 aliphatic rings. The third-order valence-electron chi connectivity index (χ3n) is 3.64. The zero-order chi connectivity index (χ0) is 14.7. The second-order valence-electron chi connectivity index (χ2n) is 6.19. The summed E-state index contributed by atoms with van der Waals surface area (Å²) < 4.78 is 5.36. The molecule has 0 spiro atoms. The van der Waals surface area contributed by atoms with E-state index in [0.29, 0.717) is 0 Å². The van der Waals surface area contributed by atoms with Crippen LogP contribution in [0.2, 0.25) is 0 Å². The molecule has 1 fully saturated rings. The molecule has 1 heterocycles. The van der Waals surface area contributed by atoms with Gasteiger partial charge in [-0.15, -0.1) is 6.42 Å². The number of likely N-dealkylation sites (tertiary alicyclic amines) is 1. The van der Waals surface area contributed by atoms with E-state index in [9.17, 15) is 4.79 Å². The monoisotopic (exact) mass is 266 g/mol. The molecular formula is C15H26N2O2. The number of ether oxygens (including phenoxy) is 1. The minimum absolute atomic E-state index is 0.0480. The van der Waals surface area contributed by atoms with E-state index >= 15 is 0 Å². The number of carbonyl (C=O) groups is 1. The highest BCUT2D eigenvalue weighted by Gasteiger charge is 2.42. The van der Waals surface area contributed by atoms with Gasteiger partial charge >= 0.3 is 6.09 Å². The van der Waals surface area contributed by atoms with Crippen LogP contribution in [0.3, 0.4) is 0 Å². The van der Waals surface area contributed by atoms with Crippen LogP contribution in [-0.2, 0) is 4.74 Å². The quantitative estimate of drug-likeness (QED) is 0.794. The molecule has 0 aromatic rings. The highest BCUT2D eigenvalue weighted by molar-refractivity contribution is 5.68. The average molecular weight is 266 g/mol. The first-order valence-electron chi connectivity index (χ1n) is 6.98. The Morgan fingerprint density at radius 2 is 1.89 bits per heavy atom. The molecule has 4 heteroatoms. The van der Waals surface area contributed by atoms with E-state index in [-0.39, 0.29) is 23.3 Å². The van der Waals surface area contributed by atoms with Gasteiger partial charge in [0.1, 0.15) is 6.10 Å². The van der Waals surface area contributed by atoms with Gasteiger partial charge in [0.2, 0.25) is 0 Å². The number of alkyl carbamates (subject to hydrolysis) is 1. The standard InChI is InChI=1S/C15H26N2O2/c1-7-15(8-2,9-3)17-10-12(11-17)19-13(18)16-14(4,5)6/h1,12H,8-11H2,2-6H3,(H,16,18).